The van der Waals surface area contributed by atoms with Crippen molar-refractivity contribution in [3.63, 3.8) is 0 Å². The third kappa shape index (κ3) is 3.46. The third-order valence-corrected chi connectivity index (χ3v) is 3.96. The smallest absolute Gasteiger partial charge is 0.00793 e. The summed E-state index contributed by atoms with van der Waals surface area (Å²) in [6.07, 6.45) is 8.21. The lowest BCUT2D eigenvalue weighted by molar-refractivity contribution is 0.215. The van der Waals surface area contributed by atoms with E-state index in [0.29, 0.717) is 6.04 Å². The van der Waals surface area contributed by atoms with E-state index >= 15 is 0 Å². The molecular formula is C13H26N2. The zero-order chi connectivity index (χ0) is 10.7. The highest BCUT2D eigenvalue weighted by molar-refractivity contribution is 4.84. The van der Waals surface area contributed by atoms with Gasteiger partial charge in [0.2, 0.25) is 0 Å². The highest BCUT2D eigenvalue weighted by atomic mass is 15.1. The topological polar surface area (TPSA) is 29.3 Å². The highest BCUT2D eigenvalue weighted by Gasteiger charge is 2.29. The van der Waals surface area contributed by atoms with Crippen molar-refractivity contribution in [3.8, 4) is 0 Å². The van der Waals surface area contributed by atoms with Crippen LogP contribution in [0, 0.1) is 11.8 Å². The molecule has 0 aromatic heterocycles. The Balaban J connectivity index is 1.76. The molecule has 2 saturated carbocycles. The molecule has 88 valence electrons. The Morgan fingerprint density at radius 2 is 1.93 bits per heavy atom. The standard InChI is InChI=1S/C13H26N2/c1-2-8-15(9-11-6-7-11)10-12-4-3-5-13(12)14/h11-13H,2-10,14H2,1H3. The molecular weight excluding hydrogens is 184 g/mol. The van der Waals surface area contributed by atoms with E-state index in [4.69, 9.17) is 5.73 Å². The molecule has 2 aliphatic rings. The minimum atomic E-state index is 0.489. The Labute approximate surface area is 94.2 Å². The second-order valence-electron chi connectivity index (χ2n) is 5.56. The summed E-state index contributed by atoms with van der Waals surface area (Å²) in [5, 5.41) is 0. The molecule has 0 radical (unpaired) electrons. The summed E-state index contributed by atoms with van der Waals surface area (Å²) in [5.74, 6) is 1.81. The molecule has 2 atom stereocenters. The zero-order valence-corrected chi connectivity index (χ0v) is 10.1. The van der Waals surface area contributed by atoms with Gasteiger partial charge in [-0.25, -0.2) is 0 Å². The van der Waals surface area contributed by atoms with Crippen LogP contribution in [0.2, 0.25) is 0 Å². The summed E-state index contributed by atoms with van der Waals surface area (Å²) in [5.41, 5.74) is 6.14. The molecule has 0 aromatic carbocycles. The van der Waals surface area contributed by atoms with Crippen molar-refractivity contribution in [2.45, 2.75) is 51.5 Å². The van der Waals surface area contributed by atoms with Crippen molar-refractivity contribution in [1.29, 1.82) is 0 Å². The van der Waals surface area contributed by atoms with Crippen LogP contribution in [-0.4, -0.2) is 30.6 Å². The Kier molecular flexibility index (Phi) is 4.04. The molecule has 0 aliphatic heterocycles. The van der Waals surface area contributed by atoms with Crippen LogP contribution >= 0.6 is 0 Å². The fourth-order valence-electron chi connectivity index (χ4n) is 2.86. The Bertz CT molecular complexity index is 189. The van der Waals surface area contributed by atoms with E-state index in [2.05, 4.69) is 11.8 Å². The van der Waals surface area contributed by atoms with Crippen molar-refractivity contribution >= 4 is 0 Å². The van der Waals surface area contributed by atoms with Gasteiger partial charge < -0.3 is 10.6 Å². The molecule has 15 heavy (non-hydrogen) atoms. The van der Waals surface area contributed by atoms with E-state index in [0.717, 1.165) is 11.8 Å². The molecule has 2 rings (SSSR count). The fourth-order valence-corrected chi connectivity index (χ4v) is 2.86. The lowest BCUT2D eigenvalue weighted by atomic mass is 10.0. The minimum Gasteiger partial charge on any atom is -0.327 e. The van der Waals surface area contributed by atoms with Crippen molar-refractivity contribution < 1.29 is 0 Å². The maximum Gasteiger partial charge on any atom is 0.00793 e. The number of nitrogens with two attached hydrogens (primary N) is 1. The zero-order valence-electron chi connectivity index (χ0n) is 10.1. The van der Waals surface area contributed by atoms with Gasteiger partial charge in [-0.3, -0.25) is 0 Å². The molecule has 0 bridgehead atoms. The largest absolute Gasteiger partial charge is 0.327 e. The van der Waals surface area contributed by atoms with Gasteiger partial charge in [-0.15, -0.1) is 0 Å². The first-order chi connectivity index (χ1) is 7.29. The van der Waals surface area contributed by atoms with Crippen molar-refractivity contribution in [2.24, 2.45) is 17.6 Å². The molecule has 2 unspecified atom stereocenters. The predicted molar refractivity (Wildman–Crippen MR) is 64.8 cm³/mol. The summed E-state index contributed by atoms with van der Waals surface area (Å²) in [7, 11) is 0. The summed E-state index contributed by atoms with van der Waals surface area (Å²) in [6, 6.07) is 0.489. The van der Waals surface area contributed by atoms with Gasteiger partial charge in [0, 0.05) is 19.1 Å². The predicted octanol–water partition coefficient (Wildman–Crippen LogP) is 2.24. The third-order valence-electron chi connectivity index (χ3n) is 3.96. The quantitative estimate of drug-likeness (QED) is 0.728. The second kappa shape index (κ2) is 5.31. The average molecular weight is 210 g/mol. The maximum atomic E-state index is 6.14. The Morgan fingerprint density at radius 1 is 1.13 bits per heavy atom. The van der Waals surface area contributed by atoms with Crippen LogP contribution in [0.15, 0.2) is 0 Å². The normalized spacial score (nSPS) is 31.4. The number of hydrogen-bond acceptors (Lipinski definition) is 2. The van der Waals surface area contributed by atoms with E-state index in [-0.39, 0.29) is 0 Å². The van der Waals surface area contributed by atoms with Crippen LogP contribution in [0.1, 0.15) is 45.4 Å². The van der Waals surface area contributed by atoms with Gasteiger partial charge in [0.25, 0.3) is 0 Å². The highest BCUT2D eigenvalue weighted by Crippen LogP contribution is 2.31. The lowest BCUT2D eigenvalue weighted by Crippen LogP contribution is -2.37. The second-order valence-corrected chi connectivity index (χ2v) is 5.56. The molecule has 0 aromatic rings. The van der Waals surface area contributed by atoms with E-state index in [1.807, 2.05) is 0 Å². The van der Waals surface area contributed by atoms with Gasteiger partial charge in [-0.2, -0.15) is 0 Å². The van der Waals surface area contributed by atoms with Gasteiger partial charge in [0.15, 0.2) is 0 Å². The van der Waals surface area contributed by atoms with Crippen LogP contribution < -0.4 is 5.73 Å². The molecule has 2 fully saturated rings. The molecule has 2 heteroatoms. The van der Waals surface area contributed by atoms with Gasteiger partial charge in [0.1, 0.15) is 0 Å². The SMILES string of the molecule is CCCN(CC1CC1)CC1CCCC1N. The fraction of sp³-hybridized carbons (Fsp3) is 1.00. The van der Waals surface area contributed by atoms with Crippen molar-refractivity contribution in [3.05, 3.63) is 0 Å². The van der Waals surface area contributed by atoms with Gasteiger partial charge in [0.05, 0.1) is 0 Å². The summed E-state index contributed by atoms with van der Waals surface area (Å²) < 4.78 is 0. The van der Waals surface area contributed by atoms with Crippen LogP contribution in [0.5, 0.6) is 0 Å². The summed E-state index contributed by atoms with van der Waals surface area (Å²) in [6.45, 7) is 6.18. The van der Waals surface area contributed by atoms with Crippen molar-refractivity contribution in [1.82, 2.24) is 4.90 Å². The minimum absolute atomic E-state index is 0.489. The van der Waals surface area contributed by atoms with Crippen LogP contribution in [0.25, 0.3) is 0 Å². The van der Waals surface area contributed by atoms with Crippen molar-refractivity contribution in [2.75, 3.05) is 19.6 Å². The first-order valence-corrected chi connectivity index (χ1v) is 6.77. The maximum absolute atomic E-state index is 6.14. The lowest BCUT2D eigenvalue weighted by Gasteiger charge is -2.27. The molecule has 2 aliphatic carbocycles. The van der Waals surface area contributed by atoms with E-state index < -0.39 is 0 Å². The average Bonchev–Trinajstić information content (AvgIpc) is 2.92. The van der Waals surface area contributed by atoms with E-state index in [9.17, 15) is 0 Å². The number of nitrogens with zero attached hydrogens (tertiary/aromatic N) is 1. The molecule has 0 amide bonds. The molecule has 2 nitrogen and oxygen atoms in total. The molecule has 0 spiro atoms. The van der Waals surface area contributed by atoms with Gasteiger partial charge in [-0.1, -0.05) is 13.3 Å². The van der Waals surface area contributed by atoms with Crippen LogP contribution in [0.4, 0.5) is 0 Å². The summed E-state index contributed by atoms with van der Waals surface area (Å²) in [4.78, 5) is 2.67. The molecule has 0 heterocycles. The first-order valence-electron chi connectivity index (χ1n) is 6.77. The first kappa shape index (κ1) is 11.4. The molecule has 0 saturated heterocycles. The van der Waals surface area contributed by atoms with Gasteiger partial charge in [-0.05, 0) is 50.5 Å². The number of rotatable bonds is 6. The van der Waals surface area contributed by atoms with Crippen LogP contribution in [-0.2, 0) is 0 Å². The van der Waals surface area contributed by atoms with E-state index in [1.54, 1.807) is 0 Å². The number of hydrogen-bond donors (Lipinski definition) is 1. The van der Waals surface area contributed by atoms with Crippen LogP contribution in [0.3, 0.4) is 0 Å². The Morgan fingerprint density at radius 3 is 2.47 bits per heavy atom. The molecule has 2 N–H and O–H groups in total. The summed E-state index contributed by atoms with van der Waals surface area (Å²) >= 11 is 0. The van der Waals surface area contributed by atoms with E-state index in [1.165, 1.54) is 58.2 Å². The van der Waals surface area contributed by atoms with Gasteiger partial charge >= 0.3 is 0 Å². The Hall–Kier alpha value is -0.0800. The monoisotopic (exact) mass is 210 g/mol.